The van der Waals surface area contributed by atoms with Crippen molar-refractivity contribution in [3.05, 3.63) is 65.0 Å². The Morgan fingerprint density at radius 1 is 1.19 bits per heavy atom. The fraction of sp³-hybridized carbons (Fsp3) is 0.353. The average Bonchev–Trinajstić information content (AvgIpc) is 2.47. The molecule has 0 bridgehead atoms. The molecule has 1 unspecified atom stereocenters. The molecule has 0 radical (unpaired) electrons. The Morgan fingerprint density at radius 3 is 2.71 bits per heavy atom. The zero-order chi connectivity index (χ0) is 15.2. The Bertz CT molecular complexity index is 599. The normalized spacial score (nSPS) is 12.4. The lowest BCUT2D eigenvalue weighted by atomic mass is 10.0. The van der Waals surface area contributed by atoms with Crippen molar-refractivity contribution in [2.75, 3.05) is 6.54 Å². The number of rotatable bonds is 6. The van der Waals surface area contributed by atoms with Crippen LogP contribution >= 0.6 is 0 Å². The number of aromatic nitrogens is 1. The number of benzene rings is 1. The highest BCUT2D eigenvalue weighted by Crippen LogP contribution is 2.20. The van der Waals surface area contributed by atoms with Gasteiger partial charge in [0.2, 0.25) is 0 Å². The molecule has 1 N–H and O–H groups in total. The molecule has 112 valence electrons. The van der Waals surface area contributed by atoms with Gasteiger partial charge in [0.1, 0.15) is 11.6 Å². The van der Waals surface area contributed by atoms with Gasteiger partial charge >= 0.3 is 0 Å². The van der Waals surface area contributed by atoms with Crippen LogP contribution < -0.4 is 5.32 Å². The highest BCUT2D eigenvalue weighted by molar-refractivity contribution is 5.23. The van der Waals surface area contributed by atoms with Crippen molar-refractivity contribution in [3.63, 3.8) is 0 Å². The molecule has 0 amide bonds. The van der Waals surface area contributed by atoms with Crippen molar-refractivity contribution in [2.24, 2.45) is 0 Å². The molecule has 2 nitrogen and oxygen atoms in total. The lowest BCUT2D eigenvalue weighted by Crippen LogP contribution is -2.25. The van der Waals surface area contributed by atoms with Crippen LogP contribution in [-0.2, 0) is 6.42 Å². The number of hydrogen-bond acceptors (Lipinski definition) is 2. The predicted molar refractivity (Wildman–Crippen MR) is 80.1 cm³/mol. The molecule has 2 rings (SSSR count). The number of hydrogen-bond donors (Lipinski definition) is 1. The van der Waals surface area contributed by atoms with Gasteiger partial charge in [0, 0.05) is 5.69 Å². The minimum Gasteiger partial charge on any atom is -0.308 e. The fourth-order valence-electron chi connectivity index (χ4n) is 2.28. The van der Waals surface area contributed by atoms with Crippen molar-refractivity contribution in [3.8, 4) is 0 Å². The third-order valence-corrected chi connectivity index (χ3v) is 3.34. The summed E-state index contributed by atoms with van der Waals surface area (Å²) in [5.74, 6) is -0.801. The van der Waals surface area contributed by atoms with Gasteiger partial charge in [-0.1, -0.05) is 13.0 Å². The van der Waals surface area contributed by atoms with Gasteiger partial charge in [-0.15, -0.1) is 0 Å². The minimum atomic E-state index is -0.419. The van der Waals surface area contributed by atoms with E-state index in [1.807, 2.05) is 25.1 Å². The van der Waals surface area contributed by atoms with E-state index >= 15 is 0 Å². The second-order valence-corrected chi connectivity index (χ2v) is 5.15. The van der Waals surface area contributed by atoms with Crippen LogP contribution in [0.25, 0.3) is 0 Å². The van der Waals surface area contributed by atoms with Crippen LogP contribution in [0.15, 0.2) is 36.4 Å². The molecule has 1 aromatic carbocycles. The second-order valence-electron chi connectivity index (χ2n) is 5.15. The minimum absolute atomic E-state index is 0.124. The van der Waals surface area contributed by atoms with Crippen LogP contribution in [0.2, 0.25) is 0 Å². The fourth-order valence-corrected chi connectivity index (χ4v) is 2.28. The Hall–Kier alpha value is -1.81. The van der Waals surface area contributed by atoms with Gasteiger partial charge in [-0.3, -0.25) is 4.98 Å². The molecule has 1 aromatic heterocycles. The molecular formula is C17H20F2N2. The molecule has 4 heteroatoms. The van der Waals surface area contributed by atoms with Crippen molar-refractivity contribution in [2.45, 2.75) is 32.7 Å². The molecular weight excluding hydrogens is 270 g/mol. The number of nitrogens with one attached hydrogen (secondary N) is 1. The van der Waals surface area contributed by atoms with Gasteiger partial charge in [0.25, 0.3) is 0 Å². The van der Waals surface area contributed by atoms with Gasteiger partial charge in [-0.25, -0.2) is 8.78 Å². The first kappa shape index (κ1) is 15.6. The Labute approximate surface area is 124 Å². The third-order valence-electron chi connectivity index (χ3n) is 3.34. The first-order valence-corrected chi connectivity index (χ1v) is 7.21. The van der Waals surface area contributed by atoms with Crippen LogP contribution in [0.1, 0.15) is 36.3 Å². The summed E-state index contributed by atoms with van der Waals surface area (Å²) in [6, 6.07) is 9.21. The van der Waals surface area contributed by atoms with Crippen LogP contribution in [0.4, 0.5) is 8.78 Å². The van der Waals surface area contributed by atoms with E-state index in [1.54, 1.807) is 0 Å². The summed E-state index contributed by atoms with van der Waals surface area (Å²) < 4.78 is 27.1. The summed E-state index contributed by atoms with van der Waals surface area (Å²) in [5.41, 5.74) is 2.13. The second kappa shape index (κ2) is 7.27. The summed E-state index contributed by atoms with van der Waals surface area (Å²) >= 11 is 0. The molecule has 0 aliphatic rings. The molecule has 1 heterocycles. The van der Waals surface area contributed by atoms with E-state index in [0.717, 1.165) is 30.4 Å². The third kappa shape index (κ3) is 4.33. The predicted octanol–water partition coefficient (Wildman–Crippen LogP) is 3.95. The maximum Gasteiger partial charge on any atom is 0.126 e. The van der Waals surface area contributed by atoms with Crippen molar-refractivity contribution in [1.82, 2.24) is 10.3 Å². The van der Waals surface area contributed by atoms with Crippen LogP contribution in [0.5, 0.6) is 0 Å². The SMILES string of the molecule is CCCNC(Cc1cc(F)ccc1F)c1cccc(C)n1. The largest absolute Gasteiger partial charge is 0.308 e. The summed E-state index contributed by atoms with van der Waals surface area (Å²) in [5, 5.41) is 3.36. The molecule has 0 aliphatic heterocycles. The highest BCUT2D eigenvalue weighted by atomic mass is 19.1. The monoisotopic (exact) mass is 290 g/mol. The van der Waals surface area contributed by atoms with Crippen LogP contribution in [0.3, 0.4) is 0 Å². The molecule has 0 saturated carbocycles. The maximum absolute atomic E-state index is 13.8. The van der Waals surface area contributed by atoms with E-state index in [-0.39, 0.29) is 11.9 Å². The number of pyridine rings is 1. The lowest BCUT2D eigenvalue weighted by Gasteiger charge is -2.19. The zero-order valence-electron chi connectivity index (χ0n) is 12.4. The standard InChI is InChI=1S/C17H20F2N2/c1-3-9-20-17(16-6-4-5-12(2)21-16)11-13-10-14(18)7-8-15(13)19/h4-8,10,17,20H,3,9,11H2,1-2H3. The van der Waals surface area contributed by atoms with E-state index in [1.165, 1.54) is 12.1 Å². The van der Waals surface area contributed by atoms with E-state index < -0.39 is 5.82 Å². The van der Waals surface area contributed by atoms with Gasteiger partial charge in [0.05, 0.1) is 11.7 Å². The Balaban J connectivity index is 2.25. The van der Waals surface area contributed by atoms with Crippen LogP contribution in [0, 0.1) is 18.6 Å². The first-order chi connectivity index (χ1) is 10.1. The van der Waals surface area contributed by atoms with E-state index in [4.69, 9.17) is 0 Å². The Kier molecular flexibility index (Phi) is 5.39. The Morgan fingerprint density at radius 2 is 2.00 bits per heavy atom. The molecule has 0 spiro atoms. The zero-order valence-corrected chi connectivity index (χ0v) is 12.4. The molecule has 0 saturated heterocycles. The van der Waals surface area contributed by atoms with Gasteiger partial charge < -0.3 is 5.32 Å². The summed E-state index contributed by atoms with van der Waals surface area (Å²) in [4.78, 5) is 4.50. The van der Waals surface area contributed by atoms with Gasteiger partial charge in [-0.2, -0.15) is 0 Å². The van der Waals surface area contributed by atoms with E-state index in [2.05, 4.69) is 17.2 Å². The van der Waals surface area contributed by atoms with Crippen molar-refractivity contribution < 1.29 is 8.78 Å². The summed E-state index contributed by atoms with van der Waals surface area (Å²) in [6.07, 6.45) is 1.34. The molecule has 2 aromatic rings. The first-order valence-electron chi connectivity index (χ1n) is 7.21. The van der Waals surface area contributed by atoms with E-state index in [0.29, 0.717) is 12.0 Å². The number of nitrogens with zero attached hydrogens (tertiary/aromatic N) is 1. The van der Waals surface area contributed by atoms with Gasteiger partial charge in [-0.05, 0) is 62.2 Å². The highest BCUT2D eigenvalue weighted by Gasteiger charge is 2.16. The number of halogens is 2. The quantitative estimate of drug-likeness (QED) is 0.871. The average molecular weight is 290 g/mol. The van der Waals surface area contributed by atoms with Crippen molar-refractivity contribution >= 4 is 0 Å². The van der Waals surface area contributed by atoms with Crippen molar-refractivity contribution in [1.29, 1.82) is 0 Å². The molecule has 0 aliphatic carbocycles. The summed E-state index contributed by atoms with van der Waals surface area (Å²) in [7, 11) is 0. The topological polar surface area (TPSA) is 24.9 Å². The van der Waals surface area contributed by atoms with Crippen LogP contribution in [-0.4, -0.2) is 11.5 Å². The molecule has 1 atom stereocenters. The number of aryl methyl sites for hydroxylation is 1. The molecule has 0 fully saturated rings. The van der Waals surface area contributed by atoms with Gasteiger partial charge in [0.15, 0.2) is 0 Å². The van der Waals surface area contributed by atoms with E-state index in [9.17, 15) is 8.78 Å². The molecule has 21 heavy (non-hydrogen) atoms. The smallest absolute Gasteiger partial charge is 0.126 e. The summed E-state index contributed by atoms with van der Waals surface area (Å²) in [6.45, 7) is 4.79. The maximum atomic E-state index is 13.8. The lowest BCUT2D eigenvalue weighted by molar-refractivity contribution is 0.499.